The van der Waals surface area contributed by atoms with Gasteiger partial charge in [-0.25, -0.2) is 0 Å². The van der Waals surface area contributed by atoms with Crippen LogP contribution in [-0.4, -0.2) is 4.98 Å². The first-order valence-electron chi connectivity index (χ1n) is 6.66. The van der Waals surface area contributed by atoms with Gasteiger partial charge in [-0.2, -0.15) is 0 Å². The molecule has 0 radical (unpaired) electrons. The van der Waals surface area contributed by atoms with E-state index >= 15 is 0 Å². The van der Waals surface area contributed by atoms with Gasteiger partial charge in [-0.1, -0.05) is 39.8 Å². The Kier molecular flexibility index (Phi) is 4.89. The first kappa shape index (κ1) is 14.7. The first-order chi connectivity index (χ1) is 8.34. The van der Waals surface area contributed by atoms with Crippen molar-refractivity contribution in [2.24, 2.45) is 5.41 Å². The highest BCUT2D eigenvalue weighted by Crippen LogP contribution is 2.32. The van der Waals surface area contributed by atoms with Crippen LogP contribution in [0, 0.1) is 12.3 Å². The predicted octanol–water partition coefficient (Wildman–Crippen LogP) is 5.18. The summed E-state index contributed by atoms with van der Waals surface area (Å²) in [5.41, 5.74) is 5.26. The van der Waals surface area contributed by atoms with E-state index in [0.717, 1.165) is 12.1 Å². The Morgan fingerprint density at radius 2 is 2.00 bits per heavy atom. The molecule has 1 nitrogen and oxygen atoms in total. The minimum absolute atomic E-state index is 0.193. The van der Waals surface area contributed by atoms with E-state index in [1.807, 2.05) is 13.1 Å². The topological polar surface area (TPSA) is 12.9 Å². The second-order valence-corrected chi connectivity index (χ2v) is 5.83. The van der Waals surface area contributed by atoms with Crippen molar-refractivity contribution in [3.8, 4) is 0 Å². The molecular weight excluding hydrogens is 218 g/mol. The van der Waals surface area contributed by atoms with Gasteiger partial charge < -0.3 is 0 Å². The van der Waals surface area contributed by atoms with Crippen molar-refractivity contribution < 1.29 is 0 Å². The molecule has 0 saturated carbocycles. The summed E-state index contributed by atoms with van der Waals surface area (Å²) >= 11 is 0. The van der Waals surface area contributed by atoms with Crippen molar-refractivity contribution in [3.63, 3.8) is 0 Å². The lowest BCUT2D eigenvalue weighted by Gasteiger charge is -2.24. The van der Waals surface area contributed by atoms with Gasteiger partial charge in [0, 0.05) is 11.9 Å². The molecule has 1 aromatic heterocycles. The number of allylic oxidation sites excluding steroid dienone is 3. The van der Waals surface area contributed by atoms with Gasteiger partial charge in [-0.3, -0.25) is 4.98 Å². The number of hydrogen-bond acceptors (Lipinski definition) is 1. The Labute approximate surface area is 112 Å². The van der Waals surface area contributed by atoms with E-state index in [0.29, 0.717) is 0 Å². The molecule has 0 aliphatic carbocycles. The van der Waals surface area contributed by atoms with E-state index in [1.165, 1.54) is 16.7 Å². The molecule has 0 aliphatic heterocycles. The standard InChI is InChI=1S/C17H25N/c1-7-8-16(17(4,5)6)13(2)11-15-9-10-18-14(3)12-15/h8-12H,7H2,1-6H3/b13-11-,16-8-. The second-order valence-electron chi connectivity index (χ2n) is 5.83. The largest absolute Gasteiger partial charge is 0.262 e. The lowest BCUT2D eigenvalue weighted by molar-refractivity contribution is 0.509. The number of nitrogens with zero attached hydrogens (tertiary/aromatic N) is 1. The van der Waals surface area contributed by atoms with Crippen LogP contribution in [0.25, 0.3) is 6.08 Å². The summed E-state index contributed by atoms with van der Waals surface area (Å²) in [6.45, 7) is 13.2. The number of aromatic nitrogens is 1. The van der Waals surface area contributed by atoms with Gasteiger partial charge >= 0.3 is 0 Å². The molecule has 18 heavy (non-hydrogen) atoms. The molecule has 0 bridgehead atoms. The monoisotopic (exact) mass is 243 g/mol. The lowest BCUT2D eigenvalue weighted by atomic mass is 9.81. The van der Waals surface area contributed by atoms with Crippen LogP contribution in [0.2, 0.25) is 0 Å². The fourth-order valence-electron chi connectivity index (χ4n) is 2.25. The highest BCUT2D eigenvalue weighted by molar-refractivity contribution is 5.58. The van der Waals surface area contributed by atoms with Crippen molar-refractivity contribution in [3.05, 3.63) is 46.8 Å². The molecule has 0 spiro atoms. The highest BCUT2D eigenvalue weighted by Gasteiger charge is 2.17. The molecule has 1 heteroatoms. The average molecular weight is 243 g/mol. The van der Waals surface area contributed by atoms with E-state index in [2.05, 4.69) is 63.9 Å². The maximum Gasteiger partial charge on any atom is 0.0378 e. The molecule has 0 N–H and O–H groups in total. The maximum atomic E-state index is 4.23. The van der Waals surface area contributed by atoms with Crippen molar-refractivity contribution in [1.29, 1.82) is 0 Å². The fraction of sp³-hybridized carbons (Fsp3) is 0.471. The van der Waals surface area contributed by atoms with E-state index < -0.39 is 0 Å². The summed E-state index contributed by atoms with van der Waals surface area (Å²) in [7, 11) is 0. The van der Waals surface area contributed by atoms with Crippen LogP contribution >= 0.6 is 0 Å². The van der Waals surface area contributed by atoms with Gasteiger partial charge in [0.05, 0.1) is 0 Å². The summed E-state index contributed by atoms with van der Waals surface area (Å²) in [6, 6.07) is 4.18. The molecule has 0 aromatic carbocycles. The summed E-state index contributed by atoms with van der Waals surface area (Å²) < 4.78 is 0. The van der Waals surface area contributed by atoms with E-state index in [-0.39, 0.29) is 5.41 Å². The van der Waals surface area contributed by atoms with Gasteiger partial charge in [0.2, 0.25) is 0 Å². The quantitative estimate of drug-likeness (QED) is 0.667. The fourth-order valence-corrected chi connectivity index (χ4v) is 2.25. The van der Waals surface area contributed by atoms with E-state index in [4.69, 9.17) is 0 Å². The molecule has 0 atom stereocenters. The van der Waals surface area contributed by atoms with Crippen LogP contribution in [0.4, 0.5) is 0 Å². The first-order valence-corrected chi connectivity index (χ1v) is 6.66. The maximum absolute atomic E-state index is 4.23. The molecule has 1 aromatic rings. The molecule has 0 aliphatic rings. The lowest BCUT2D eigenvalue weighted by Crippen LogP contribution is -2.10. The molecular formula is C17H25N. The number of rotatable bonds is 3. The second kappa shape index (κ2) is 5.99. The van der Waals surface area contributed by atoms with Crippen molar-refractivity contribution in [2.45, 2.75) is 48.0 Å². The summed E-state index contributed by atoms with van der Waals surface area (Å²) in [5, 5.41) is 0. The van der Waals surface area contributed by atoms with Crippen LogP contribution in [0.5, 0.6) is 0 Å². The third-order valence-corrected chi connectivity index (χ3v) is 2.94. The van der Waals surface area contributed by atoms with E-state index in [1.54, 1.807) is 0 Å². The Morgan fingerprint density at radius 3 is 2.50 bits per heavy atom. The zero-order chi connectivity index (χ0) is 13.8. The Balaban J connectivity index is 3.11. The van der Waals surface area contributed by atoms with Gasteiger partial charge in [-0.05, 0) is 54.5 Å². The Bertz CT molecular complexity index is 459. The third-order valence-electron chi connectivity index (χ3n) is 2.94. The minimum Gasteiger partial charge on any atom is -0.262 e. The van der Waals surface area contributed by atoms with Gasteiger partial charge in [-0.15, -0.1) is 0 Å². The summed E-state index contributed by atoms with van der Waals surface area (Å²) in [5.74, 6) is 0. The summed E-state index contributed by atoms with van der Waals surface area (Å²) in [6.07, 6.45) is 7.53. The number of pyridine rings is 1. The molecule has 1 heterocycles. The van der Waals surface area contributed by atoms with Gasteiger partial charge in [0.15, 0.2) is 0 Å². The summed E-state index contributed by atoms with van der Waals surface area (Å²) in [4.78, 5) is 4.23. The Morgan fingerprint density at radius 1 is 1.33 bits per heavy atom. The SMILES string of the molecule is CC/C=C(/C(C)=C\c1ccnc(C)c1)C(C)(C)C. The molecule has 1 rings (SSSR count). The zero-order valence-corrected chi connectivity index (χ0v) is 12.5. The van der Waals surface area contributed by atoms with Crippen LogP contribution in [0.1, 0.15) is 52.3 Å². The van der Waals surface area contributed by atoms with Crippen molar-refractivity contribution in [1.82, 2.24) is 4.98 Å². The van der Waals surface area contributed by atoms with E-state index in [9.17, 15) is 0 Å². The van der Waals surface area contributed by atoms with Gasteiger partial charge in [0.25, 0.3) is 0 Å². The average Bonchev–Trinajstić information content (AvgIpc) is 2.24. The van der Waals surface area contributed by atoms with Gasteiger partial charge in [0.1, 0.15) is 0 Å². The van der Waals surface area contributed by atoms with Crippen LogP contribution < -0.4 is 0 Å². The highest BCUT2D eigenvalue weighted by atomic mass is 14.6. The molecule has 0 amide bonds. The van der Waals surface area contributed by atoms with Crippen LogP contribution in [0.15, 0.2) is 35.6 Å². The number of aryl methyl sites for hydroxylation is 1. The predicted molar refractivity (Wildman–Crippen MR) is 80.5 cm³/mol. The van der Waals surface area contributed by atoms with Crippen molar-refractivity contribution in [2.75, 3.05) is 0 Å². The molecule has 98 valence electrons. The molecule has 0 saturated heterocycles. The van der Waals surface area contributed by atoms with Crippen LogP contribution in [-0.2, 0) is 0 Å². The molecule has 0 fully saturated rings. The van der Waals surface area contributed by atoms with Crippen LogP contribution in [0.3, 0.4) is 0 Å². The number of hydrogen-bond donors (Lipinski definition) is 0. The van der Waals surface area contributed by atoms with Crippen molar-refractivity contribution >= 4 is 6.08 Å². The Hall–Kier alpha value is -1.37. The smallest absolute Gasteiger partial charge is 0.0378 e. The zero-order valence-electron chi connectivity index (χ0n) is 12.5. The minimum atomic E-state index is 0.193. The normalized spacial score (nSPS) is 13.9. The molecule has 0 unspecified atom stereocenters. The third kappa shape index (κ3) is 4.14.